The minimum atomic E-state index is -0.361. The van der Waals surface area contributed by atoms with E-state index in [1.807, 2.05) is 19.1 Å². The second-order valence-corrected chi connectivity index (χ2v) is 7.02. The number of hydrogen-bond acceptors (Lipinski definition) is 3. The van der Waals surface area contributed by atoms with Crippen LogP contribution in [0.1, 0.15) is 44.2 Å². The van der Waals surface area contributed by atoms with E-state index < -0.39 is 0 Å². The first-order valence-corrected chi connectivity index (χ1v) is 9.35. The molecule has 2 heterocycles. The zero-order valence-corrected chi connectivity index (χ0v) is 15.4. The van der Waals surface area contributed by atoms with Gasteiger partial charge >= 0.3 is 0 Å². The van der Waals surface area contributed by atoms with Gasteiger partial charge in [0.25, 0.3) is 0 Å². The Morgan fingerprint density at radius 3 is 2.56 bits per heavy atom. The zero-order valence-electron chi connectivity index (χ0n) is 14.6. The molecule has 1 aromatic heterocycles. The average Bonchev–Trinajstić information content (AvgIpc) is 3.04. The van der Waals surface area contributed by atoms with Crippen LogP contribution in [0, 0.1) is 0 Å². The maximum absolute atomic E-state index is 12.5. The van der Waals surface area contributed by atoms with Gasteiger partial charge in [0.15, 0.2) is 0 Å². The predicted octanol–water partition coefficient (Wildman–Crippen LogP) is 4.11. The van der Waals surface area contributed by atoms with Gasteiger partial charge in [-0.15, -0.1) is 0 Å². The number of halogens is 1. The summed E-state index contributed by atoms with van der Waals surface area (Å²) in [5, 5.41) is 7.66. The van der Waals surface area contributed by atoms with Crippen molar-refractivity contribution in [2.45, 2.75) is 45.2 Å². The molecular weight excluding hydrogens is 336 g/mol. The molecule has 0 spiro atoms. The van der Waals surface area contributed by atoms with Crippen molar-refractivity contribution < 1.29 is 4.79 Å². The predicted molar refractivity (Wildman–Crippen MR) is 101 cm³/mol. The lowest BCUT2D eigenvalue weighted by Crippen LogP contribution is -2.29. The summed E-state index contributed by atoms with van der Waals surface area (Å²) in [7, 11) is 0. The molecule has 0 radical (unpaired) electrons. The summed E-state index contributed by atoms with van der Waals surface area (Å²) in [5.41, 5.74) is 2.09. The van der Waals surface area contributed by atoms with Crippen LogP contribution >= 0.6 is 11.6 Å². The van der Waals surface area contributed by atoms with Gasteiger partial charge in [0, 0.05) is 18.4 Å². The van der Waals surface area contributed by atoms with E-state index in [0.29, 0.717) is 11.4 Å². The number of likely N-dealkylation sites (tertiary alicyclic amines) is 1. The van der Waals surface area contributed by atoms with Gasteiger partial charge in [0.1, 0.15) is 6.04 Å². The van der Waals surface area contributed by atoms with Gasteiger partial charge in [-0.2, -0.15) is 5.10 Å². The van der Waals surface area contributed by atoms with Gasteiger partial charge in [-0.1, -0.05) is 37.1 Å². The van der Waals surface area contributed by atoms with Gasteiger partial charge < -0.3 is 5.32 Å². The molecule has 5 nitrogen and oxygen atoms in total. The van der Waals surface area contributed by atoms with Crippen LogP contribution in [0.15, 0.2) is 36.7 Å². The van der Waals surface area contributed by atoms with Crippen LogP contribution in [-0.2, 0) is 11.3 Å². The summed E-state index contributed by atoms with van der Waals surface area (Å²) in [6.45, 7) is 5.31. The Balaban J connectivity index is 1.59. The van der Waals surface area contributed by atoms with E-state index in [1.165, 1.54) is 37.9 Å². The number of anilines is 1. The Morgan fingerprint density at radius 1 is 1.24 bits per heavy atom. The Hall–Kier alpha value is -1.85. The fourth-order valence-electron chi connectivity index (χ4n) is 3.27. The van der Waals surface area contributed by atoms with E-state index in [-0.39, 0.29) is 11.9 Å². The summed E-state index contributed by atoms with van der Waals surface area (Å²) in [4.78, 5) is 15.0. The van der Waals surface area contributed by atoms with Gasteiger partial charge in [0.05, 0.1) is 11.2 Å². The van der Waals surface area contributed by atoms with Crippen molar-refractivity contribution in [2.24, 2.45) is 0 Å². The number of carbonyl (C=O) groups excluding carboxylic acids is 1. The average molecular weight is 361 g/mol. The molecule has 6 heteroatoms. The molecule has 1 aliphatic heterocycles. The summed E-state index contributed by atoms with van der Waals surface area (Å²) in [6.07, 6.45) is 7.82. The summed E-state index contributed by atoms with van der Waals surface area (Å²) in [5.74, 6) is -0.0777. The van der Waals surface area contributed by atoms with E-state index in [4.69, 9.17) is 11.6 Å². The van der Waals surface area contributed by atoms with Crippen molar-refractivity contribution in [3.63, 3.8) is 0 Å². The van der Waals surface area contributed by atoms with Gasteiger partial charge in [-0.25, -0.2) is 0 Å². The molecule has 0 bridgehead atoms. The smallest absolute Gasteiger partial charge is 0.249 e. The number of nitrogens with one attached hydrogen (secondary N) is 1. The molecule has 1 amide bonds. The van der Waals surface area contributed by atoms with E-state index in [9.17, 15) is 4.79 Å². The number of piperidine rings is 1. The van der Waals surface area contributed by atoms with Crippen LogP contribution in [-0.4, -0.2) is 33.7 Å². The maximum Gasteiger partial charge on any atom is 0.249 e. The first-order valence-electron chi connectivity index (χ1n) is 8.97. The fraction of sp³-hybridized carbons (Fsp3) is 0.474. The SMILES string of the molecule is CCC(C(=O)Nc1ccc(CN2CCCCC2)cc1)n1cc(Cl)cn1. The van der Waals surface area contributed by atoms with Crippen molar-refractivity contribution in [1.29, 1.82) is 0 Å². The molecule has 1 unspecified atom stereocenters. The highest BCUT2D eigenvalue weighted by Crippen LogP contribution is 2.19. The second-order valence-electron chi connectivity index (χ2n) is 6.59. The Labute approximate surface area is 154 Å². The van der Waals surface area contributed by atoms with Crippen molar-refractivity contribution in [2.75, 3.05) is 18.4 Å². The van der Waals surface area contributed by atoms with Crippen LogP contribution in [0.5, 0.6) is 0 Å². The molecule has 3 rings (SSSR count). The monoisotopic (exact) mass is 360 g/mol. The van der Waals surface area contributed by atoms with Crippen molar-refractivity contribution >= 4 is 23.2 Å². The fourth-order valence-corrected chi connectivity index (χ4v) is 3.42. The molecule has 1 atom stereocenters. The maximum atomic E-state index is 12.5. The Bertz CT molecular complexity index is 692. The third-order valence-electron chi connectivity index (χ3n) is 4.66. The molecular formula is C19H25ClN4O. The van der Waals surface area contributed by atoms with Crippen molar-refractivity contribution in [3.05, 3.63) is 47.2 Å². The number of rotatable bonds is 6. The van der Waals surface area contributed by atoms with E-state index in [0.717, 1.165) is 12.2 Å². The molecule has 1 N–H and O–H groups in total. The number of hydrogen-bond donors (Lipinski definition) is 1. The molecule has 1 aromatic carbocycles. The molecule has 25 heavy (non-hydrogen) atoms. The minimum Gasteiger partial charge on any atom is -0.324 e. The van der Waals surface area contributed by atoms with Gasteiger partial charge in [0.2, 0.25) is 5.91 Å². The third-order valence-corrected chi connectivity index (χ3v) is 4.85. The van der Waals surface area contributed by atoms with Crippen molar-refractivity contribution in [3.8, 4) is 0 Å². The number of aromatic nitrogens is 2. The molecule has 1 fully saturated rings. The normalized spacial score (nSPS) is 16.6. The highest BCUT2D eigenvalue weighted by molar-refractivity contribution is 6.30. The molecule has 1 saturated heterocycles. The molecule has 2 aromatic rings. The summed E-state index contributed by atoms with van der Waals surface area (Å²) < 4.78 is 1.61. The standard InChI is InChI=1S/C19H25ClN4O/c1-2-18(24-14-16(20)12-21-24)19(25)22-17-8-6-15(7-9-17)13-23-10-4-3-5-11-23/h6-9,12,14,18H,2-5,10-11,13H2,1H3,(H,22,25). The first kappa shape index (κ1) is 18.0. The Kier molecular flexibility index (Phi) is 6.10. The lowest BCUT2D eigenvalue weighted by molar-refractivity contribution is -0.119. The summed E-state index contributed by atoms with van der Waals surface area (Å²) in [6, 6.07) is 7.77. The van der Waals surface area contributed by atoms with Crippen molar-refractivity contribution in [1.82, 2.24) is 14.7 Å². The number of benzene rings is 1. The third kappa shape index (κ3) is 4.83. The number of amides is 1. The van der Waals surface area contributed by atoms with Crippen LogP contribution in [0.3, 0.4) is 0 Å². The van der Waals surface area contributed by atoms with E-state index in [2.05, 4.69) is 27.4 Å². The van der Waals surface area contributed by atoms with Crippen LogP contribution in [0.25, 0.3) is 0 Å². The van der Waals surface area contributed by atoms with Gasteiger partial charge in [-0.3, -0.25) is 14.4 Å². The number of nitrogens with zero attached hydrogens (tertiary/aromatic N) is 3. The first-order chi connectivity index (χ1) is 12.2. The molecule has 134 valence electrons. The molecule has 1 aliphatic rings. The number of carbonyl (C=O) groups is 1. The highest BCUT2D eigenvalue weighted by Gasteiger charge is 2.19. The topological polar surface area (TPSA) is 50.2 Å². The largest absolute Gasteiger partial charge is 0.324 e. The van der Waals surface area contributed by atoms with Crippen LogP contribution in [0.2, 0.25) is 5.02 Å². The lowest BCUT2D eigenvalue weighted by atomic mass is 10.1. The van der Waals surface area contributed by atoms with Gasteiger partial charge in [-0.05, 0) is 50.0 Å². The second kappa shape index (κ2) is 8.50. The van der Waals surface area contributed by atoms with Crippen LogP contribution in [0.4, 0.5) is 5.69 Å². The molecule has 0 aliphatic carbocycles. The summed E-state index contributed by atoms with van der Waals surface area (Å²) >= 11 is 5.90. The minimum absolute atomic E-state index is 0.0777. The van der Waals surface area contributed by atoms with E-state index >= 15 is 0 Å². The lowest BCUT2D eigenvalue weighted by Gasteiger charge is -2.26. The van der Waals surface area contributed by atoms with E-state index in [1.54, 1.807) is 17.1 Å². The van der Waals surface area contributed by atoms with Crippen LogP contribution < -0.4 is 5.32 Å². The quantitative estimate of drug-likeness (QED) is 0.843. The highest BCUT2D eigenvalue weighted by atomic mass is 35.5. The zero-order chi connectivity index (χ0) is 17.6. The molecule has 0 saturated carbocycles. The Morgan fingerprint density at radius 2 is 1.96 bits per heavy atom.